The van der Waals surface area contributed by atoms with Crippen LogP contribution in [0.3, 0.4) is 0 Å². The van der Waals surface area contributed by atoms with Crippen LogP contribution in [-0.2, 0) is 4.79 Å². The van der Waals surface area contributed by atoms with Crippen molar-refractivity contribution in [3.05, 3.63) is 24.3 Å². The third kappa shape index (κ3) is 2.12. The summed E-state index contributed by atoms with van der Waals surface area (Å²) in [7, 11) is -1.19. The van der Waals surface area contributed by atoms with Crippen LogP contribution in [0.25, 0.3) is 0 Å². The molecule has 0 amide bonds. The van der Waals surface area contributed by atoms with Gasteiger partial charge < -0.3 is 9.31 Å². The normalized spacial score (nSPS) is 14.1. The number of para-hydroxylation sites is 2. The van der Waals surface area contributed by atoms with Gasteiger partial charge in [-0.1, -0.05) is 12.1 Å². The highest BCUT2D eigenvalue weighted by Gasteiger charge is 2.44. The van der Waals surface area contributed by atoms with Crippen molar-refractivity contribution in [1.29, 1.82) is 0 Å². The molecular weight excluding hydrogens is 224 g/mol. The lowest BCUT2D eigenvalue weighted by molar-refractivity contribution is -0.168. The van der Waals surface area contributed by atoms with Crippen LogP contribution in [0.15, 0.2) is 24.3 Å². The number of benzene rings is 1. The molecular formula is C9H6BF3O3. The zero-order chi connectivity index (χ0) is 11.8. The van der Waals surface area contributed by atoms with Gasteiger partial charge in [-0.05, 0) is 12.1 Å². The molecule has 0 unspecified atom stereocenters. The molecule has 2 rings (SSSR count). The van der Waals surface area contributed by atoms with E-state index in [1.54, 1.807) is 24.3 Å². The lowest BCUT2D eigenvalue weighted by atomic mass is 9.82. The van der Waals surface area contributed by atoms with Crippen LogP contribution in [-0.4, -0.2) is 19.1 Å². The largest absolute Gasteiger partial charge is 0.602 e. The van der Waals surface area contributed by atoms with Crippen molar-refractivity contribution in [2.75, 3.05) is 0 Å². The Kier molecular flexibility index (Phi) is 2.53. The van der Waals surface area contributed by atoms with E-state index in [1.165, 1.54) is 0 Å². The minimum atomic E-state index is -4.85. The van der Waals surface area contributed by atoms with Crippen molar-refractivity contribution >= 4 is 12.9 Å². The first-order valence-electron chi connectivity index (χ1n) is 4.49. The lowest BCUT2D eigenvalue weighted by Gasteiger charge is -2.06. The second-order valence-corrected chi connectivity index (χ2v) is 3.24. The molecule has 0 aromatic heterocycles. The Bertz CT molecular complexity index is 394. The van der Waals surface area contributed by atoms with E-state index in [1.807, 2.05) is 0 Å². The number of carbonyl (C=O) groups excluding carboxylic acids is 1. The molecule has 0 fully saturated rings. The SMILES string of the molecule is O=C(CB1Oc2ccccc2O1)C(F)(F)F. The molecule has 1 aromatic rings. The minimum Gasteiger partial charge on any atom is -0.523 e. The summed E-state index contributed by atoms with van der Waals surface area (Å²) in [6.45, 7) is 0. The summed E-state index contributed by atoms with van der Waals surface area (Å²) in [5, 5.41) is 0. The number of fused-ring (bicyclic) bond motifs is 1. The zero-order valence-electron chi connectivity index (χ0n) is 7.95. The predicted octanol–water partition coefficient (Wildman–Crippen LogP) is 2.08. The van der Waals surface area contributed by atoms with Gasteiger partial charge in [0, 0.05) is 0 Å². The highest BCUT2D eigenvalue weighted by Crippen LogP contribution is 2.34. The van der Waals surface area contributed by atoms with Crippen molar-refractivity contribution in [2.45, 2.75) is 12.5 Å². The standard InChI is InChI=1S/C9H6BF3O3/c11-9(12,13)8(14)5-10-15-6-3-1-2-4-7(6)16-10/h1-4H,5H2. The molecule has 7 heteroatoms. The van der Waals surface area contributed by atoms with E-state index in [0.717, 1.165) is 0 Å². The van der Waals surface area contributed by atoms with Gasteiger partial charge in [-0.3, -0.25) is 4.79 Å². The van der Waals surface area contributed by atoms with E-state index in [0.29, 0.717) is 11.5 Å². The van der Waals surface area contributed by atoms with Gasteiger partial charge in [0.1, 0.15) is 11.5 Å². The Labute approximate surface area is 89.3 Å². The van der Waals surface area contributed by atoms with Gasteiger partial charge in [-0.15, -0.1) is 0 Å². The van der Waals surface area contributed by atoms with Crippen molar-refractivity contribution in [3.63, 3.8) is 0 Å². The average Bonchev–Trinajstić information content (AvgIpc) is 2.58. The maximum Gasteiger partial charge on any atom is 0.602 e. The van der Waals surface area contributed by atoms with Crippen LogP contribution in [0, 0.1) is 0 Å². The van der Waals surface area contributed by atoms with E-state index in [2.05, 4.69) is 0 Å². The van der Waals surface area contributed by atoms with Gasteiger partial charge in [0.2, 0.25) is 5.78 Å². The summed E-state index contributed by atoms with van der Waals surface area (Å²) < 4.78 is 46.0. The summed E-state index contributed by atoms with van der Waals surface area (Å²) in [5.74, 6) is -1.16. The maximum atomic E-state index is 12.0. The van der Waals surface area contributed by atoms with Gasteiger partial charge in [0.05, 0.1) is 6.32 Å². The Morgan fingerprint density at radius 3 is 2.12 bits per heavy atom. The topological polar surface area (TPSA) is 35.5 Å². The number of hydrogen-bond donors (Lipinski definition) is 0. The lowest BCUT2D eigenvalue weighted by Crippen LogP contribution is -2.33. The smallest absolute Gasteiger partial charge is 0.523 e. The molecule has 0 radical (unpaired) electrons. The van der Waals surface area contributed by atoms with Gasteiger partial charge >= 0.3 is 13.3 Å². The third-order valence-electron chi connectivity index (χ3n) is 2.03. The average molecular weight is 230 g/mol. The van der Waals surface area contributed by atoms with Crippen LogP contribution in [0.4, 0.5) is 13.2 Å². The van der Waals surface area contributed by atoms with Gasteiger partial charge in [-0.2, -0.15) is 13.2 Å². The first-order valence-corrected chi connectivity index (χ1v) is 4.49. The van der Waals surface area contributed by atoms with Crippen LogP contribution in [0.2, 0.25) is 6.32 Å². The van der Waals surface area contributed by atoms with E-state index in [9.17, 15) is 18.0 Å². The maximum absolute atomic E-state index is 12.0. The van der Waals surface area contributed by atoms with Crippen LogP contribution < -0.4 is 9.31 Å². The molecule has 3 nitrogen and oxygen atoms in total. The minimum absolute atomic E-state index is 0.350. The Balaban J connectivity index is 2.00. The molecule has 0 saturated heterocycles. The molecule has 1 aliphatic heterocycles. The number of hydrogen-bond acceptors (Lipinski definition) is 3. The highest BCUT2D eigenvalue weighted by molar-refractivity contribution is 6.52. The molecule has 0 atom stereocenters. The Hall–Kier alpha value is -1.66. The number of halogens is 3. The summed E-state index contributed by atoms with van der Waals surface area (Å²) in [6, 6.07) is 6.45. The van der Waals surface area contributed by atoms with E-state index in [-0.39, 0.29) is 0 Å². The molecule has 1 aliphatic rings. The molecule has 0 aliphatic carbocycles. The van der Waals surface area contributed by atoms with Crippen LogP contribution >= 0.6 is 0 Å². The van der Waals surface area contributed by atoms with E-state index in [4.69, 9.17) is 9.31 Å². The number of ketones is 1. The monoisotopic (exact) mass is 230 g/mol. The fourth-order valence-corrected chi connectivity index (χ4v) is 1.30. The van der Waals surface area contributed by atoms with Crippen LogP contribution in [0.1, 0.15) is 0 Å². The van der Waals surface area contributed by atoms with Crippen molar-refractivity contribution in [3.8, 4) is 11.5 Å². The van der Waals surface area contributed by atoms with Gasteiger partial charge in [0.25, 0.3) is 0 Å². The number of Topliss-reactive ketones (excluding diaryl/α,β-unsaturated/α-hetero) is 1. The molecule has 0 bridgehead atoms. The molecule has 1 aromatic carbocycles. The van der Waals surface area contributed by atoms with Crippen LogP contribution in [0.5, 0.6) is 11.5 Å². The quantitative estimate of drug-likeness (QED) is 0.729. The molecule has 1 heterocycles. The van der Waals surface area contributed by atoms with Crippen molar-refractivity contribution < 1.29 is 27.3 Å². The summed E-state index contributed by atoms with van der Waals surface area (Å²) in [6.07, 6.45) is -5.68. The molecule has 84 valence electrons. The second-order valence-electron chi connectivity index (χ2n) is 3.24. The summed E-state index contributed by atoms with van der Waals surface area (Å²) in [4.78, 5) is 10.7. The van der Waals surface area contributed by atoms with Gasteiger partial charge in [0.15, 0.2) is 0 Å². The molecule has 0 spiro atoms. The fourth-order valence-electron chi connectivity index (χ4n) is 1.30. The summed E-state index contributed by atoms with van der Waals surface area (Å²) in [5.41, 5.74) is 0. The van der Waals surface area contributed by atoms with E-state index < -0.39 is 25.4 Å². The highest BCUT2D eigenvalue weighted by atomic mass is 19.4. The molecule has 16 heavy (non-hydrogen) atoms. The number of rotatable bonds is 2. The third-order valence-corrected chi connectivity index (χ3v) is 2.03. The molecule has 0 saturated carbocycles. The number of carbonyl (C=O) groups is 1. The zero-order valence-corrected chi connectivity index (χ0v) is 7.95. The first kappa shape index (κ1) is 10.8. The van der Waals surface area contributed by atoms with Crippen molar-refractivity contribution in [2.24, 2.45) is 0 Å². The summed E-state index contributed by atoms with van der Waals surface area (Å²) >= 11 is 0. The Morgan fingerprint density at radius 2 is 1.69 bits per heavy atom. The molecule has 0 N–H and O–H groups in total. The first-order chi connectivity index (χ1) is 7.47. The van der Waals surface area contributed by atoms with Crippen molar-refractivity contribution in [1.82, 2.24) is 0 Å². The predicted molar refractivity (Wildman–Crippen MR) is 49.3 cm³/mol. The number of alkyl halides is 3. The Morgan fingerprint density at radius 1 is 1.19 bits per heavy atom. The van der Waals surface area contributed by atoms with E-state index >= 15 is 0 Å². The fraction of sp³-hybridized carbons (Fsp3) is 0.222. The second kappa shape index (κ2) is 3.73. The van der Waals surface area contributed by atoms with Gasteiger partial charge in [-0.25, -0.2) is 0 Å².